The highest BCUT2D eigenvalue weighted by molar-refractivity contribution is 5.87. The fraction of sp³-hybridized carbons (Fsp3) is 0.542. The van der Waals surface area contributed by atoms with Crippen LogP contribution in [0.1, 0.15) is 5.56 Å². The van der Waals surface area contributed by atoms with Crippen LogP contribution in [0, 0.1) is 11.8 Å². The van der Waals surface area contributed by atoms with Crippen LogP contribution in [-0.4, -0.2) is 110 Å². The number of fused-ring (bicyclic) bond motifs is 3. The van der Waals surface area contributed by atoms with Gasteiger partial charge in [-0.05, 0) is 29.8 Å². The normalized spacial score (nSPS) is 42.2. The first-order chi connectivity index (χ1) is 17.7. The number of rotatable bonds is 7. The number of aliphatic hydroxyl groups is 5. The molecule has 0 unspecified atom stereocenters. The van der Waals surface area contributed by atoms with Crippen molar-refractivity contribution in [3.8, 4) is 11.5 Å². The summed E-state index contributed by atoms with van der Waals surface area (Å²) in [5, 5.41) is 69.0. The maximum Gasteiger partial charge on any atom is 0.331 e. The summed E-state index contributed by atoms with van der Waals surface area (Å²) in [5.74, 6) is -2.56. The lowest BCUT2D eigenvalue weighted by atomic mass is 9.85. The molecular weight excluding hydrogens is 496 g/mol. The van der Waals surface area contributed by atoms with Gasteiger partial charge in [0.25, 0.3) is 0 Å². The first kappa shape index (κ1) is 25.9. The number of ether oxygens (including phenoxy) is 5. The van der Waals surface area contributed by atoms with Gasteiger partial charge in [0.1, 0.15) is 42.2 Å². The minimum atomic E-state index is -1.66. The Kier molecular flexibility index (Phi) is 6.89. The van der Waals surface area contributed by atoms with Crippen molar-refractivity contribution < 1.29 is 64.2 Å². The van der Waals surface area contributed by atoms with Gasteiger partial charge < -0.3 is 59.4 Å². The molecule has 7 N–H and O–H groups in total. The maximum absolute atomic E-state index is 12.6. The molecule has 0 aromatic heterocycles. The van der Waals surface area contributed by atoms with Crippen molar-refractivity contribution in [2.45, 2.75) is 54.8 Å². The summed E-state index contributed by atoms with van der Waals surface area (Å²) in [6.07, 6.45) is -4.68. The Hall–Kier alpha value is -2.75. The smallest absolute Gasteiger partial charge is 0.331 e. The van der Waals surface area contributed by atoms with Crippen LogP contribution >= 0.6 is 0 Å². The third kappa shape index (κ3) is 4.47. The number of benzene rings is 1. The molecule has 0 amide bonds. The van der Waals surface area contributed by atoms with Crippen LogP contribution in [0.5, 0.6) is 11.5 Å². The summed E-state index contributed by atoms with van der Waals surface area (Å²) in [6.45, 7) is -1.08. The van der Waals surface area contributed by atoms with E-state index in [1.807, 2.05) is 0 Å². The first-order valence-electron chi connectivity index (χ1n) is 11.7. The Balaban J connectivity index is 1.30. The number of hydrogen-bond acceptors (Lipinski definition) is 13. The summed E-state index contributed by atoms with van der Waals surface area (Å²) in [7, 11) is 0. The van der Waals surface area contributed by atoms with Gasteiger partial charge in [-0.1, -0.05) is 6.07 Å². The zero-order valence-corrected chi connectivity index (χ0v) is 19.3. The van der Waals surface area contributed by atoms with Gasteiger partial charge in [-0.25, -0.2) is 4.79 Å². The van der Waals surface area contributed by atoms with Crippen LogP contribution < -0.4 is 0 Å². The number of phenols is 2. The molecule has 13 nitrogen and oxygen atoms in total. The largest absolute Gasteiger partial charge is 0.504 e. The minimum Gasteiger partial charge on any atom is -0.504 e. The molecule has 3 aliphatic heterocycles. The van der Waals surface area contributed by atoms with Gasteiger partial charge in [-0.3, -0.25) is 0 Å². The summed E-state index contributed by atoms with van der Waals surface area (Å²) in [5.41, 5.74) is -0.714. The molecule has 1 aliphatic carbocycles. The van der Waals surface area contributed by atoms with Crippen LogP contribution in [0.2, 0.25) is 0 Å². The lowest BCUT2D eigenvalue weighted by Gasteiger charge is -2.43. The van der Waals surface area contributed by atoms with Crippen LogP contribution in [0.4, 0.5) is 0 Å². The molecule has 1 aromatic rings. The van der Waals surface area contributed by atoms with E-state index < -0.39 is 85.8 Å². The van der Waals surface area contributed by atoms with E-state index in [0.717, 1.165) is 6.08 Å². The molecule has 11 atom stereocenters. The average Bonchev–Trinajstić information content (AvgIpc) is 3.57. The Labute approximate surface area is 210 Å². The average molecular weight is 524 g/mol. The highest BCUT2D eigenvalue weighted by Gasteiger charge is 2.77. The third-order valence-corrected chi connectivity index (χ3v) is 7.26. The molecule has 1 aromatic carbocycles. The number of hydrogen-bond donors (Lipinski definition) is 7. The third-order valence-electron chi connectivity index (χ3n) is 7.26. The van der Waals surface area contributed by atoms with Crippen molar-refractivity contribution in [2.24, 2.45) is 11.8 Å². The Morgan fingerprint density at radius 3 is 2.54 bits per heavy atom. The van der Waals surface area contributed by atoms with E-state index in [2.05, 4.69) is 0 Å². The molecule has 0 spiro atoms. The second-order valence-corrected chi connectivity index (χ2v) is 9.40. The molecule has 5 rings (SSSR count). The molecular formula is C24H28O13. The van der Waals surface area contributed by atoms with Gasteiger partial charge in [0.2, 0.25) is 6.29 Å². The fourth-order valence-corrected chi connectivity index (χ4v) is 5.27. The van der Waals surface area contributed by atoms with Crippen molar-refractivity contribution in [1.82, 2.24) is 0 Å². The van der Waals surface area contributed by atoms with Crippen molar-refractivity contribution in [2.75, 3.05) is 13.2 Å². The summed E-state index contributed by atoms with van der Waals surface area (Å²) in [6, 6.07) is 4.04. The molecule has 202 valence electrons. The van der Waals surface area contributed by atoms with E-state index >= 15 is 0 Å². The highest BCUT2D eigenvalue weighted by Crippen LogP contribution is 2.60. The van der Waals surface area contributed by atoms with Crippen LogP contribution in [-0.2, 0) is 28.5 Å². The molecule has 0 bridgehead atoms. The summed E-state index contributed by atoms with van der Waals surface area (Å²) in [4.78, 5) is 12.6. The lowest BCUT2D eigenvalue weighted by Crippen LogP contribution is -2.60. The Bertz CT molecular complexity index is 1070. The topological polar surface area (TPSA) is 208 Å². The lowest BCUT2D eigenvalue weighted by molar-refractivity contribution is -0.344. The molecule has 1 saturated carbocycles. The fourth-order valence-electron chi connectivity index (χ4n) is 5.27. The minimum absolute atomic E-state index is 0.297. The zero-order valence-electron chi connectivity index (χ0n) is 19.3. The number of aromatic hydroxyl groups is 2. The van der Waals surface area contributed by atoms with Gasteiger partial charge >= 0.3 is 5.97 Å². The maximum atomic E-state index is 12.6. The molecule has 13 heteroatoms. The number of esters is 1. The monoisotopic (exact) mass is 524 g/mol. The van der Waals surface area contributed by atoms with Gasteiger partial charge in [0.15, 0.2) is 17.8 Å². The van der Waals surface area contributed by atoms with Crippen LogP contribution in [0.3, 0.4) is 0 Å². The number of aliphatic hydroxyl groups excluding tert-OH is 5. The standard InChI is InChI=1S/C24H28O13/c25-8-14-17(30)18(31)19(32)23(34-14)36-22-16-11(5-6-33-22)20(21-24(16,9-26)37-21)35-15(29)4-2-10-1-3-12(27)13(28)7-10/h1-7,11,14,16-23,25-28,30-32H,8-9H2/t11-,14-,16-,17-,18+,19-,20+,21+,22+,23+,24-/m1/s1. The van der Waals surface area contributed by atoms with E-state index in [1.54, 1.807) is 6.08 Å². The van der Waals surface area contributed by atoms with Crippen molar-refractivity contribution in [3.63, 3.8) is 0 Å². The molecule has 37 heavy (non-hydrogen) atoms. The number of carbonyl (C=O) groups excluding carboxylic acids is 1. The van der Waals surface area contributed by atoms with Crippen molar-refractivity contribution >= 4 is 12.0 Å². The number of epoxide rings is 1. The molecule has 3 heterocycles. The van der Waals surface area contributed by atoms with E-state index in [0.29, 0.717) is 5.56 Å². The van der Waals surface area contributed by atoms with E-state index in [9.17, 15) is 40.5 Å². The zero-order chi connectivity index (χ0) is 26.5. The first-order valence-corrected chi connectivity index (χ1v) is 11.7. The summed E-state index contributed by atoms with van der Waals surface area (Å²) >= 11 is 0. The quantitative estimate of drug-likeness (QED) is 0.0900. The van der Waals surface area contributed by atoms with Crippen LogP contribution in [0.15, 0.2) is 36.6 Å². The number of carbonyl (C=O) groups is 1. The number of phenolic OH excluding ortho intramolecular Hbond substituents is 2. The Morgan fingerprint density at radius 2 is 1.84 bits per heavy atom. The van der Waals surface area contributed by atoms with Gasteiger partial charge in [-0.15, -0.1) is 0 Å². The molecule has 3 fully saturated rings. The second kappa shape index (κ2) is 9.85. The summed E-state index contributed by atoms with van der Waals surface area (Å²) < 4.78 is 28.2. The molecule has 2 saturated heterocycles. The van der Waals surface area contributed by atoms with Gasteiger partial charge in [-0.2, -0.15) is 0 Å². The second-order valence-electron chi connectivity index (χ2n) is 9.40. The van der Waals surface area contributed by atoms with Crippen molar-refractivity contribution in [3.05, 3.63) is 42.2 Å². The molecule has 4 aliphatic rings. The van der Waals surface area contributed by atoms with Crippen LogP contribution in [0.25, 0.3) is 6.08 Å². The van der Waals surface area contributed by atoms with Gasteiger partial charge in [0.05, 0.1) is 25.4 Å². The van der Waals surface area contributed by atoms with Gasteiger partial charge in [0, 0.05) is 12.0 Å². The SMILES string of the molecule is O=C(C=Cc1ccc(O)c(O)c1)O[C@H]1[C@@H]2C=CO[C@@H](O[C@@H]3O[C@H](CO)[C@@H](O)[C@H](O)[C@H]3O)[C@@H]2[C@@]2(CO)O[C@@H]12. The predicted octanol–water partition coefficient (Wildman–Crippen LogP) is -1.91. The highest BCUT2D eigenvalue weighted by atomic mass is 16.8. The molecule has 0 radical (unpaired) electrons. The predicted molar refractivity (Wildman–Crippen MR) is 119 cm³/mol. The van der Waals surface area contributed by atoms with E-state index in [1.165, 1.54) is 30.5 Å². The van der Waals surface area contributed by atoms with Crippen molar-refractivity contribution in [1.29, 1.82) is 0 Å². The van der Waals surface area contributed by atoms with E-state index in [-0.39, 0.29) is 11.5 Å². The van der Waals surface area contributed by atoms with E-state index in [4.69, 9.17) is 23.7 Å². The Morgan fingerprint density at radius 1 is 1.05 bits per heavy atom.